The molecule has 0 spiro atoms. The molecular weight excluding hydrogens is 336 g/mol. The van der Waals surface area contributed by atoms with Crippen LogP contribution in [0, 0.1) is 11.6 Å². The number of nitrogens with zero attached hydrogens (tertiary/aromatic N) is 2. The molecule has 1 aliphatic rings. The van der Waals surface area contributed by atoms with Crippen LogP contribution in [0.4, 0.5) is 14.6 Å². The summed E-state index contributed by atoms with van der Waals surface area (Å²) in [6.07, 6.45) is 0.788. The Morgan fingerprint density at radius 3 is 2.85 bits per heavy atom. The minimum atomic E-state index is -0.811. The molecule has 0 radical (unpaired) electrons. The predicted octanol–water partition coefficient (Wildman–Crippen LogP) is 3.75. The van der Waals surface area contributed by atoms with Crippen LogP contribution in [-0.4, -0.2) is 29.1 Å². The summed E-state index contributed by atoms with van der Waals surface area (Å²) in [6.45, 7) is 1.78. The van der Waals surface area contributed by atoms with Crippen molar-refractivity contribution >= 4 is 16.7 Å². The standard InChI is InChI=1S/C20H19F2N3O/c21-16-5-1-4-14(19(16)22)11-25-10-9-15(12-25)26-17-6-2-3-13-7-8-18(23)24-20(13)17/h1-8,15H,9-12H2,(H2,23,24)/t15-/m0/s1. The molecule has 26 heavy (non-hydrogen) atoms. The molecule has 4 nitrogen and oxygen atoms in total. The number of nitrogens with two attached hydrogens (primary N) is 1. The van der Waals surface area contributed by atoms with Crippen molar-refractivity contribution < 1.29 is 13.5 Å². The second kappa shape index (κ2) is 6.88. The molecule has 6 heteroatoms. The molecule has 1 fully saturated rings. The van der Waals surface area contributed by atoms with E-state index in [9.17, 15) is 8.78 Å². The van der Waals surface area contributed by atoms with E-state index in [0.717, 1.165) is 29.9 Å². The number of benzene rings is 2. The van der Waals surface area contributed by atoms with E-state index in [1.165, 1.54) is 6.07 Å². The molecule has 0 aliphatic carbocycles. The number of para-hydroxylation sites is 1. The summed E-state index contributed by atoms with van der Waals surface area (Å²) in [5, 5.41) is 0.966. The molecule has 2 aromatic carbocycles. The maximum Gasteiger partial charge on any atom is 0.163 e. The Morgan fingerprint density at radius 2 is 1.96 bits per heavy atom. The van der Waals surface area contributed by atoms with Gasteiger partial charge in [-0.15, -0.1) is 0 Å². The average molecular weight is 355 g/mol. The van der Waals surface area contributed by atoms with E-state index in [2.05, 4.69) is 9.88 Å². The second-order valence-corrected chi connectivity index (χ2v) is 6.54. The first-order chi connectivity index (χ1) is 12.6. The van der Waals surface area contributed by atoms with Gasteiger partial charge in [-0.25, -0.2) is 13.8 Å². The van der Waals surface area contributed by atoms with E-state index in [4.69, 9.17) is 10.5 Å². The highest BCUT2D eigenvalue weighted by atomic mass is 19.2. The molecular formula is C20H19F2N3O. The molecule has 0 unspecified atom stereocenters. The zero-order valence-corrected chi connectivity index (χ0v) is 14.2. The fourth-order valence-corrected chi connectivity index (χ4v) is 3.36. The number of nitrogen functional groups attached to an aromatic ring is 1. The van der Waals surface area contributed by atoms with Crippen LogP contribution in [0.15, 0.2) is 48.5 Å². The predicted molar refractivity (Wildman–Crippen MR) is 96.8 cm³/mol. The quantitative estimate of drug-likeness (QED) is 0.774. The van der Waals surface area contributed by atoms with Gasteiger partial charge in [0.15, 0.2) is 11.6 Å². The van der Waals surface area contributed by atoms with Gasteiger partial charge in [-0.3, -0.25) is 4.90 Å². The summed E-state index contributed by atoms with van der Waals surface area (Å²) in [5.41, 5.74) is 6.90. The zero-order valence-electron chi connectivity index (χ0n) is 14.2. The number of fused-ring (bicyclic) bond motifs is 1. The van der Waals surface area contributed by atoms with Crippen LogP contribution in [-0.2, 0) is 6.54 Å². The Bertz CT molecular complexity index is 947. The van der Waals surface area contributed by atoms with Crippen LogP contribution in [0.5, 0.6) is 5.75 Å². The van der Waals surface area contributed by atoms with Crippen molar-refractivity contribution in [3.05, 3.63) is 65.7 Å². The van der Waals surface area contributed by atoms with Gasteiger partial charge >= 0.3 is 0 Å². The Morgan fingerprint density at radius 1 is 1.12 bits per heavy atom. The van der Waals surface area contributed by atoms with E-state index in [0.29, 0.717) is 30.2 Å². The largest absolute Gasteiger partial charge is 0.487 e. The van der Waals surface area contributed by atoms with Crippen molar-refractivity contribution in [2.24, 2.45) is 0 Å². The second-order valence-electron chi connectivity index (χ2n) is 6.54. The van der Waals surface area contributed by atoms with Crippen LogP contribution in [0.1, 0.15) is 12.0 Å². The van der Waals surface area contributed by atoms with E-state index in [-0.39, 0.29) is 6.10 Å². The number of anilines is 1. The van der Waals surface area contributed by atoms with Gasteiger partial charge in [-0.2, -0.15) is 0 Å². The van der Waals surface area contributed by atoms with Gasteiger partial charge in [0.05, 0.1) is 0 Å². The summed E-state index contributed by atoms with van der Waals surface area (Å²) in [5.74, 6) is -0.443. The van der Waals surface area contributed by atoms with Crippen molar-refractivity contribution in [1.29, 1.82) is 0 Å². The fourth-order valence-electron chi connectivity index (χ4n) is 3.36. The van der Waals surface area contributed by atoms with Crippen molar-refractivity contribution in [3.8, 4) is 5.75 Å². The molecule has 0 bridgehead atoms. The highest BCUT2D eigenvalue weighted by molar-refractivity contribution is 5.85. The van der Waals surface area contributed by atoms with E-state index in [1.54, 1.807) is 12.1 Å². The van der Waals surface area contributed by atoms with E-state index < -0.39 is 11.6 Å². The third-order valence-electron chi connectivity index (χ3n) is 4.65. The van der Waals surface area contributed by atoms with Crippen LogP contribution < -0.4 is 10.5 Å². The lowest BCUT2D eigenvalue weighted by molar-refractivity contribution is 0.199. The highest BCUT2D eigenvalue weighted by Crippen LogP contribution is 2.28. The van der Waals surface area contributed by atoms with E-state index in [1.807, 2.05) is 24.3 Å². The van der Waals surface area contributed by atoms with Crippen molar-refractivity contribution in [3.63, 3.8) is 0 Å². The Labute approximate surface area is 150 Å². The third kappa shape index (κ3) is 3.32. The van der Waals surface area contributed by atoms with Crippen molar-refractivity contribution in [2.75, 3.05) is 18.8 Å². The molecule has 134 valence electrons. The topological polar surface area (TPSA) is 51.4 Å². The monoisotopic (exact) mass is 355 g/mol. The summed E-state index contributed by atoms with van der Waals surface area (Å²) in [6, 6.07) is 13.7. The number of aromatic nitrogens is 1. The first-order valence-corrected chi connectivity index (χ1v) is 8.57. The van der Waals surface area contributed by atoms with E-state index >= 15 is 0 Å². The number of pyridine rings is 1. The molecule has 0 saturated carbocycles. The number of ether oxygens (including phenoxy) is 1. The first kappa shape index (κ1) is 16.7. The molecule has 1 atom stereocenters. The van der Waals surface area contributed by atoms with Crippen LogP contribution >= 0.6 is 0 Å². The average Bonchev–Trinajstić information content (AvgIpc) is 3.06. The lowest BCUT2D eigenvalue weighted by Crippen LogP contribution is -2.25. The summed E-state index contributed by atoms with van der Waals surface area (Å²) >= 11 is 0. The van der Waals surface area contributed by atoms with Gasteiger partial charge in [0, 0.05) is 30.6 Å². The lowest BCUT2D eigenvalue weighted by Gasteiger charge is -2.18. The van der Waals surface area contributed by atoms with Crippen LogP contribution in [0.2, 0.25) is 0 Å². The zero-order chi connectivity index (χ0) is 18.1. The number of hydrogen-bond acceptors (Lipinski definition) is 4. The third-order valence-corrected chi connectivity index (χ3v) is 4.65. The van der Waals surface area contributed by atoms with Gasteiger partial charge in [-0.05, 0) is 30.7 Å². The molecule has 4 rings (SSSR count). The minimum Gasteiger partial charge on any atom is -0.487 e. The van der Waals surface area contributed by atoms with Gasteiger partial charge in [0.25, 0.3) is 0 Å². The molecule has 1 saturated heterocycles. The molecule has 1 aliphatic heterocycles. The first-order valence-electron chi connectivity index (χ1n) is 8.57. The van der Waals surface area contributed by atoms with Gasteiger partial charge in [0.2, 0.25) is 0 Å². The van der Waals surface area contributed by atoms with Crippen LogP contribution in [0.3, 0.4) is 0 Å². The summed E-state index contributed by atoms with van der Waals surface area (Å²) in [4.78, 5) is 6.44. The number of likely N-dealkylation sites (tertiary alicyclic amines) is 1. The SMILES string of the molecule is Nc1ccc2cccc(O[C@H]3CCN(Cc4cccc(F)c4F)C3)c2n1. The number of halogens is 2. The maximum atomic E-state index is 13.9. The lowest BCUT2D eigenvalue weighted by atomic mass is 10.2. The molecule has 0 amide bonds. The van der Waals surface area contributed by atoms with Gasteiger partial charge < -0.3 is 10.5 Å². The highest BCUT2D eigenvalue weighted by Gasteiger charge is 2.25. The van der Waals surface area contributed by atoms with Crippen molar-refractivity contribution in [1.82, 2.24) is 9.88 Å². The molecule has 2 heterocycles. The Kier molecular flexibility index (Phi) is 4.42. The van der Waals surface area contributed by atoms with Crippen LogP contribution in [0.25, 0.3) is 10.9 Å². The number of hydrogen-bond donors (Lipinski definition) is 1. The molecule has 3 aromatic rings. The van der Waals surface area contributed by atoms with Gasteiger partial charge in [0.1, 0.15) is 23.2 Å². The Hall–Kier alpha value is -2.73. The maximum absolute atomic E-state index is 13.9. The molecule has 2 N–H and O–H groups in total. The fraction of sp³-hybridized carbons (Fsp3) is 0.250. The minimum absolute atomic E-state index is 0.0274. The normalized spacial score (nSPS) is 17.7. The van der Waals surface area contributed by atoms with Crippen molar-refractivity contribution in [2.45, 2.75) is 19.1 Å². The smallest absolute Gasteiger partial charge is 0.163 e. The number of rotatable bonds is 4. The summed E-state index contributed by atoms with van der Waals surface area (Å²) < 4.78 is 33.4. The molecule has 1 aromatic heterocycles. The summed E-state index contributed by atoms with van der Waals surface area (Å²) in [7, 11) is 0. The van der Waals surface area contributed by atoms with Gasteiger partial charge in [-0.1, -0.05) is 24.3 Å². The Balaban J connectivity index is 1.47.